The Morgan fingerprint density at radius 1 is 1.26 bits per heavy atom. The smallest absolute Gasteiger partial charge is 0.230 e. The van der Waals surface area contributed by atoms with Crippen molar-refractivity contribution in [3.8, 4) is 11.5 Å². The molecule has 2 N–H and O–H groups in total. The summed E-state index contributed by atoms with van der Waals surface area (Å²) in [4.78, 5) is 16.1. The maximum atomic E-state index is 11.6. The molecule has 0 aliphatic carbocycles. The fraction of sp³-hybridized carbons (Fsp3) is 0.375. The van der Waals surface area contributed by atoms with Gasteiger partial charge in [0.15, 0.2) is 0 Å². The molecular formula is C16H22ClN3O2S. The van der Waals surface area contributed by atoms with E-state index in [0.29, 0.717) is 23.9 Å². The second-order valence-corrected chi connectivity index (χ2v) is 5.69. The molecule has 0 aliphatic rings. The Kier molecular flexibility index (Phi) is 9.43. The van der Waals surface area contributed by atoms with E-state index in [1.807, 2.05) is 37.3 Å². The number of halogens is 1. The van der Waals surface area contributed by atoms with Gasteiger partial charge in [0.2, 0.25) is 11.8 Å². The molecule has 0 unspecified atom stereocenters. The van der Waals surface area contributed by atoms with E-state index in [9.17, 15) is 4.79 Å². The Morgan fingerprint density at radius 2 is 2.04 bits per heavy atom. The number of thioether (sulfide) groups is 1. The van der Waals surface area contributed by atoms with Gasteiger partial charge in [0.1, 0.15) is 6.26 Å². The number of rotatable bonds is 9. The largest absolute Gasteiger partial charge is 0.444 e. The fourth-order valence-corrected chi connectivity index (χ4v) is 2.58. The van der Waals surface area contributed by atoms with Crippen LogP contribution in [0, 0.1) is 0 Å². The van der Waals surface area contributed by atoms with Crippen LogP contribution in [-0.4, -0.2) is 36.3 Å². The highest BCUT2D eigenvalue weighted by atomic mass is 35.5. The minimum atomic E-state index is 0. The van der Waals surface area contributed by atoms with Gasteiger partial charge in [-0.3, -0.25) is 4.79 Å². The van der Waals surface area contributed by atoms with Crippen molar-refractivity contribution >= 4 is 30.1 Å². The number of aromatic nitrogens is 1. The van der Waals surface area contributed by atoms with Crippen LogP contribution in [-0.2, 0) is 10.5 Å². The van der Waals surface area contributed by atoms with Crippen molar-refractivity contribution in [3.05, 3.63) is 42.3 Å². The number of carbonyl (C=O) groups excluding carboxylic acids is 1. The lowest BCUT2D eigenvalue weighted by atomic mass is 10.2. The molecule has 23 heavy (non-hydrogen) atoms. The predicted octanol–water partition coefficient (Wildman–Crippen LogP) is 2.72. The number of nitrogens with zero attached hydrogens (tertiary/aromatic N) is 1. The topological polar surface area (TPSA) is 67.2 Å². The van der Waals surface area contributed by atoms with Crippen molar-refractivity contribution in [1.29, 1.82) is 0 Å². The Labute approximate surface area is 147 Å². The molecule has 7 heteroatoms. The van der Waals surface area contributed by atoms with Crippen molar-refractivity contribution in [2.45, 2.75) is 12.7 Å². The molecule has 0 radical (unpaired) electrons. The first-order valence-corrected chi connectivity index (χ1v) is 8.50. The highest BCUT2D eigenvalue weighted by molar-refractivity contribution is 7.99. The zero-order valence-corrected chi connectivity index (χ0v) is 14.7. The van der Waals surface area contributed by atoms with Gasteiger partial charge in [-0.05, 0) is 18.7 Å². The van der Waals surface area contributed by atoms with Gasteiger partial charge >= 0.3 is 0 Å². The molecule has 126 valence electrons. The zero-order valence-electron chi connectivity index (χ0n) is 13.1. The van der Waals surface area contributed by atoms with E-state index in [1.54, 1.807) is 6.26 Å². The number of nitrogens with one attached hydrogen (secondary N) is 2. The third kappa shape index (κ3) is 7.07. The SMILES string of the molecule is CCNCCNC(=O)CSCc1coc(-c2ccccc2)n1.Cl. The van der Waals surface area contributed by atoms with Gasteiger partial charge in [-0.15, -0.1) is 24.2 Å². The van der Waals surface area contributed by atoms with Gasteiger partial charge in [0.25, 0.3) is 0 Å². The third-order valence-electron chi connectivity index (χ3n) is 2.93. The van der Waals surface area contributed by atoms with Crippen molar-refractivity contribution < 1.29 is 9.21 Å². The number of oxazole rings is 1. The average molecular weight is 356 g/mol. The van der Waals surface area contributed by atoms with Crippen molar-refractivity contribution in [3.63, 3.8) is 0 Å². The van der Waals surface area contributed by atoms with E-state index in [1.165, 1.54) is 11.8 Å². The third-order valence-corrected chi connectivity index (χ3v) is 3.90. The first-order chi connectivity index (χ1) is 10.8. The lowest BCUT2D eigenvalue weighted by molar-refractivity contribution is -0.118. The summed E-state index contributed by atoms with van der Waals surface area (Å²) in [6.45, 7) is 4.42. The van der Waals surface area contributed by atoms with E-state index < -0.39 is 0 Å². The van der Waals surface area contributed by atoms with Crippen LogP contribution >= 0.6 is 24.2 Å². The molecule has 0 saturated carbocycles. The number of amides is 1. The summed E-state index contributed by atoms with van der Waals surface area (Å²) >= 11 is 1.53. The van der Waals surface area contributed by atoms with E-state index in [4.69, 9.17) is 4.42 Å². The molecule has 1 aromatic carbocycles. The molecule has 2 aromatic rings. The monoisotopic (exact) mass is 355 g/mol. The van der Waals surface area contributed by atoms with E-state index >= 15 is 0 Å². The summed E-state index contributed by atoms with van der Waals surface area (Å²) in [5.41, 5.74) is 1.81. The summed E-state index contributed by atoms with van der Waals surface area (Å²) < 4.78 is 5.47. The van der Waals surface area contributed by atoms with Crippen LogP contribution in [0.15, 0.2) is 41.0 Å². The minimum Gasteiger partial charge on any atom is -0.444 e. The standard InChI is InChI=1S/C16H21N3O2S.ClH/c1-2-17-8-9-18-15(20)12-22-11-14-10-21-16(19-14)13-6-4-3-5-7-13;/h3-7,10,17H,2,8-9,11-12H2,1H3,(H,18,20);1H. The number of carbonyl (C=O) groups is 1. The van der Waals surface area contributed by atoms with Crippen molar-refractivity contribution in [2.24, 2.45) is 0 Å². The van der Waals surface area contributed by atoms with Gasteiger partial charge in [-0.1, -0.05) is 25.1 Å². The number of benzene rings is 1. The molecule has 1 amide bonds. The molecule has 5 nitrogen and oxygen atoms in total. The molecule has 0 spiro atoms. The Balaban J connectivity index is 0.00000264. The molecule has 1 aromatic heterocycles. The Hall–Kier alpha value is -1.50. The maximum Gasteiger partial charge on any atom is 0.230 e. The number of likely N-dealkylation sites (N-methyl/N-ethyl adjacent to an activating group) is 1. The summed E-state index contributed by atoms with van der Waals surface area (Å²) in [6.07, 6.45) is 1.65. The highest BCUT2D eigenvalue weighted by Crippen LogP contribution is 2.20. The van der Waals surface area contributed by atoms with Gasteiger partial charge in [-0.25, -0.2) is 4.98 Å². The molecular weight excluding hydrogens is 334 g/mol. The zero-order chi connectivity index (χ0) is 15.6. The van der Waals surface area contributed by atoms with Crippen LogP contribution in [0.1, 0.15) is 12.6 Å². The van der Waals surface area contributed by atoms with Gasteiger partial charge < -0.3 is 15.1 Å². The molecule has 0 saturated heterocycles. The predicted molar refractivity (Wildman–Crippen MR) is 96.9 cm³/mol. The molecule has 2 rings (SSSR count). The van der Waals surface area contributed by atoms with Gasteiger partial charge in [-0.2, -0.15) is 0 Å². The minimum absolute atomic E-state index is 0. The molecule has 0 fully saturated rings. The van der Waals surface area contributed by atoms with Crippen LogP contribution in [0.25, 0.3) is 11.5 Å². The van der Waals surface area contributed by atoms with Gasteiger partial charge in [0, 0.05) is 24.4 Å². The van der Waals surface area contributed by atoms with E-state index in [2.05, 4.69) is 15.6 Å². The lowest BCUT2D eigenvalue weighted by Crippen LogP contribution is -2.32. The van der Waals surface area contributed by atoms with Crippen LogP contribution in [0.5, 0.6) is 0 Å². The summed E-state index contributed by atoms with van der Waals surface area (Å²) in [5.74, 6) is 1.76. The van der Waals surface area contributed by atoms with Gasteiger partial charge in [0.05, 0.1) is 11.4 Å². The molecule has 1 heterocycles. The summed E-state index contributed by atoms with van der Waals surface area (Å²) in [6, 6.07) is 9.77. The Morgan fingerprint density at radius 3 is 2.78 bits per heavy atom. The van der Waals surface area contributed by atoms with Crippen LogP contribution in [0.2, 0.25) is 0 Å². The van der Waals surface area contributed by atoms with E-state index in [-0.39, 0.29) is 18.3 Å². The molecule has 0 bridgehead atoms. The molecule has 0 aliphatic heterocycles. The van der Waals surface area contributed by atoms with Crippen LogP contribution < -0.4 is 10.6 Å². The van der Waals surface area contributed by atoms with Crippen LogP contribution in [0.4, 0.5) is 0 Å². The number of hydrogen-bond acceptors (Lipinski definition) is 5. The summed E-state index contributed by atoms with van der Waals surface area (Å²) in [7, 11) is 0. The normalized spacial score (nSPS) is 10.1. The average Bonchev–Trinajstić information content (AvgIpc) is 3.01. The molecule has 0 atom stereocenters. The summed E-state index contributed by atoms with van der Waals surface area (Å²) in [5, 5.41) is 6.03. The lowest BCUT2D eigenvalue weighted by Gasteiger charge is -2.04. The highest BCUT2D eigenvalue weighted by Gasteiger charge is 2.07. The fourth-order valence-electron chi connectivity index (χ4n) is 1.85. The first kappa shape index (κ1) is 19.5. The Bertz CT molecular complexity index is 578. The quantitative estimate of drug-likeness (QED) is 0.677. The van der Waals surface area contributed by atoms with E-state index in [0.717, 1.165) is 24.3 Å². The first-order valence-electron chi connectivity index (χ1n) is 7.34. The van der Waals surface area contributed by atoms with Crippen LogP contribution in [0.3, 0.4) is 0 Å². The number of hydrogen-bond donors (Lipinski definition) is 2. The second-order valence-electron chi connectivity index (χ2n) is 4.71. The van der Waals surface area contributed by atoms with Crippen molar-refractivity contribution in [1.82, 2.24) is 15.6 Å². The van der Waals surface area contributed by atoms with Crippen molar-refractivity contribution in [2.75, 3.05) is 25.4 Å². The second kappa shape index (κ2) is 11.1. The maximum absolute atomic E-state index is 11.6.